The van der Waals surface area contributed by atoms with Gasteiger partial charge in [0.25, 0.3) is 5.91 Å². The van der Waals surface area contributed by atoms with E-state index >= 15 is 0 Å². The maximum atomic E-state index is 12.3. The number of hydrogen-bond donors (Lipinski definition) is 2. The number of rotatable bonds is 4. The molecule has 3 N–H and O–H groups in total. The fourth-order valence-electron chi connectivity index (χ4n) is 6.17. The van der Waals surface area contributed by atoms with E-state index in [1.165, 1.54) is 25.7 Å². The molecule has 6 nitrogen and oxygen atoms in total. The Bertz CT molecular complexity index is 1220. The van der Waals surface area contributed by atoms with Crippen LogP contribution in [-0.2, 0) is 0 Å². The minimum absolute atomic E-state index is 0.304. The molecule has 5 rings (SSSR count). The second kappa shape index (κ2) is 7.98. The first kappa shape index (κ1) is 20.6. The Balaban J connectivity index is 1.57. The molecule has 2 aromatic heterocycles. The van der Waals surface area contributed by atoms with Crippen molar-refractivity contribution in [3.05, 3.63) is 53.9 Å². The molecular weight excluding hydrogens is 398 g/mol. The number of hydrogen-bond acceptors (Lipinski definition) is 4. The van der Waals surface area contributed by atoms with Crippen LogP contribution in [0.25, 0.3) is 16.6 Å². The molecule has 0 aliphatic heterocycles. The highest BCUT2D eigenvalue weighted by molar-refractivity contribution is 6.02. The van der Waals surface area contributed by atoms with Crippen molar-refractivity contribution in [2.75, 3.05) is 5.32 Å². The van der Waals surface area contributed by atoms with E-state index in [1.54, 1.807) is 16.8 Å². The summed E-state index contributed by atoms with van der Waals surface area (Å²) in [6, 6.07) is 12.0. The normalized spacial score (nSPS) is 27.1. The zero-order valence-corrected chi connectivity index (χ0v) is 18.6. The zero-order chi connectivity index (χ0) is 22.4. The van der Waals surface area contributed by atoms with Gasteiger partial charge in [0.2, 0.25) is 0 Å². The van der Waals surface area contributed by atoms with Gasteiger partial charge in [0, 0.05) is 17.8 Å². The van der Waals surface area contributed by atoms with E-state index in [0.717, 1.165) is 34.2 Å². The fraction of sp³-hybridized carbons (Fsp3) is 0.423. The quantitative estimate of drug-likeness (QED) is 0.622. The molecule has 2 bridgehead atoms. The summed E-state index contributed by atoms with van der Waals surface area (Å²) in [6.07, 6.45) is 8.53. The molecule has 2 fully saturated rings. The lowest BCUT2D eigenvalue weighted by molar-refractivity contribution is 0.0958. The molecule has 2 heterocycles. The molecule has 0 spiro atoms. The van der Waals surface area contributed by atoms with Crippen LogP contribution < -0.4 is 11.1 Å². The zero-order valence-electron chi connectivity index (χ0n) is 18.6. The summed E-state index contributed by atoms with van der Waals surface area (Å²) in [5.41, 5.74) is 10.3. The number of fused-ring (bicyclic) bond motifs is 3. The lowest BCUT2D eigenvalue weighted by Gasteiger charge is -2.47. The minimum atomic E-state index is -0.477. The van der Waals surface area contributed by atoms with Gasteiger partial charge in [-0.15, -0.1) is 0 Å². The maximum Gasteiger partial charge on any atom is 0.252 e. The SMILES string of the molecule is CC1CC2CC(C)C(Nc3c(C(N)=O)cnn4cc(-c5cccc(C#N)c5)cc34)C(C1)C2. The van der Waals surface area contributed by atoms with Crippen molar-refractivity contribution in [2.45, 2.75) is 45.6 Å². The Labute approximate surface area is 188 Å². The van der Waals surface area contributed by atoms with Crippen molar-refractivity contribution in [3.63, 3.8) is 0 Å². The molecule has 164 valence electrons. The van der Waals surface area contributed by atoms with Crippen LogP contribution in [0.5, 0.6) is 0 Å². The van der Waals surface area contributed by atoms with Crippen LogP contribution in [0, 0.1) is 35.0 Å². The first-order valence-corrected chi connectivity index (χ1v) is 11.5. The van der Waals surface area contributed by atoms with Crippen molar-refractivity contribution in [1.29, 1.82) is 5.26 Å². The number of anilines is 1. The maximum absolute atomic E-state index is 12.3. The summed E-state index contributed by atoms with van der Waals surface area (Å²) in [6.45, 7) is 4.69. The van der Waals surface area contributed by atoms with Gasteiger partial charge < -0.3 is 11.1 Å². The number of carbonyl (C=O) groups is 1. The summed E-state index contributed by atoms with van der Waals surface area (Å²) >= 11 is 0. The second-order valence-electron chi connectivity index (χ2n) is 9.87. The minimum Gasteiger partial charge on any atom is -0.379 e. The average Bonchev–Trinajstić information content (AvgIpc) is 3.20. The monoisotopic (exact) mass is 427 g/mol. The van der Waals surface area contributed by atoms with E-state index in [9.17, 15) is 10.1 Å². The molecule has 0 saturated heterocycles. The van der Waals surface area contributed by atoms with Gasteiger partial charge in [-0.3, -0.25) is 4.79 Å². The molecule has 0 radical (unpaired) electrons. The van der Waals surface area contributed by atoms with E-state index < -0.39 is 5.91 Å². The van der Waals surface area contributed by atoms with E-state index in [2.05, 4.69) is 30.3 Å². The van der Waals surface area contributed by atoms with Crippen LogP contribution in [0.1, 0.15) is 55.5 Å². The summed E-state index contributed by atoms with van der Waals surface area (Å²) in [4.78, 5) is 12.3. The van der Waals surface area contributed by atoms with Crippen LogP contribution in [0.2, 0.25) is 0 Å². The summed E-state index contributed by atoms with van der Waals surface area (Å²) in [5.74, 6) is 2.22. The Morgan fingerprint density at radius 1 is 1.19 bits per heavy atom. The van der Waals surface area contributed by atoms with Gasteiger partial charge in [0.05, 0.1) is 34.6 Å². The third-order valence-electron chi connectivity index (χ3n) is 7.44. The van der Waals surface area contributed by atoms with Gasteiger partial charge >= 0.3 is 0 Å². The smallest absolute Gasteiger partial charge is 0.252 e. The van der Waals surface area contributed by atoms with Crippen molar-refractivity contribution in [2.24, 2.45) is 29.4 Å². The third kappa shape index (κ3) is 3.62. The molecule has 3 aromatic rings. The van der Waals surface area contributed by atoms with Gasteiger partial charge in [0.1, 0.15) is 0 Å². The van der Waals surface area contributed by atoms with E-state index in [4.69, 9.17) is 5.73 Å². The predicted molar refractivity (Wildman–Crippen MR) is 125 cm³/mol. The summed E-state index contributed by atoms with van der Waals surface area (Å²) in [5, 5.41) is 17.5. The fourth-order valence-corrected chi connectivity index (χ4v) is 6.17. The Morgan fingerprint density at radius 3 is 2.81 bits per heavy atom. The average molecular weight is 428 g/mol. The van der Waals surface area contributed by atoms with Crippen LogP contribution in [0.3, 0.4) is 0 Å². The number of nitriles is 1. The number of benzene rings is 1. The molecule has 2 aliphatic carbocycles. The van der Waals surface area contributed by atoms with Crippen LogP contribution in [0.15, 0.2) is 42.7 Å². The van der Waals surface area contributed by atoms with Gasteiger partial charge in [0.15, 0.2) is 0 Å². The Hall–Kier alpha value is -3.33. The van der Waals surface area contributed by atoms with Crippen molar-refractivity contribution < 1.29 is 4.79 Å². The number of nitrogens with two attached hydrogens (primary N) is 1. The highest BCUT2D eigenvalue weighted by Crippen LogP contribution is 2.46. The van der Waals surface area contributed by atoms with Gasteiger partial charge in [-0.05, 0) is 73.1 Å². The summed E-state index contributed by atoms with van der Waals surface area (Å²) in [7, 11) is 0. The predicted octanol–water partition coefficient (Wildman–Crippen LogP) is 4.84. The van der Waals surface area contributed by atoms with E-state index in [0.29, 0.717) is 29.0 Å². The largest absolute Gasteiger partial charge is 0.379 e. The van der Waals surface area contributed by atoms with Gasteiger partial charge in [-0.1, -0.05) is 26.0 Å². The lowest BCUT2D eigenvalue weighted by atomic mass is 9.63. The molecule has 1 amide bonds. The lowest BCUT2D eigenvalue weighted by Crippen LogP contribution is -2.45. The van der Waals surface area contributed by atoms with Crippen LogP contribution in [0.4, 0.5) is 5.69 Å². The molecule has 32 heavy (non-hydrogen) atoms. The highest BCUT2D eigenvalue weighted by atomic mass is 16.1. The first-order valence-electron chi connectivity index (χ1n) is 11.5. The number of nitrogens with zero attached hydrogens (tertiary/aromatic N) is 3. The number of aromatic nitrogens is 2. The van der Waals surface area contributed by atoms with Crippen molar-refractivity contribution in [1.82, 2.24) is 9.61 Å². The molecule has 5 atom stereocenters. The van der Waals surface area contributed by atoms with E-state index in [-0.39, 0.29) is 0 Å². The highest BCUT2D eigenvalue weighted by Gasteiger charge is 2.40. The summed E-state index contributed by atoms with van der Waals surface area (Å²) < 4.78 is 1.79. The topological polar surface area (TPSA) is 96.2 Å². The van der Waals surface area contributed by atoms with Crippen molar-refractivity contribution >= 4 is 17.1 Å². The van der Waals surface area contributed by atoms with Crippen LogP contribution in [-0.4, -0.2) is 21.6 Å². The molecule has 2 saturated carbocycles. The molecule has 5 unspecified atom stereocenters. The Kier molecular flexibility index (Phi) is 5.13. The number of primary amides is 1. The molecule has 6 heteroatoms. The molecule has 1 aromatic carbocycles. The Morgan fingerprint density at radius 2 is 2.03 bits per heavy atom. The third-order valence-corrected chi connectivity index (χ3v) is 7.44. The number of amides is 1. The van der Waals surface area contributed by atoms with Crippen molar-refractivity contribution in [3.8, 4) is 17.2 Å². The first-order chi connectivity index (χ1) is 15.4. The molecular formula is C26H29N5O. The van der Waals surface area contributed by atoms with Gasteiger partial charge in [-0.25, -0.2) is 4.52 Å². The van der Waals surface area contributed by atoms with E-state index in [1.807, 2.05) is 30.5 Å². The number of carbonyl (C=O) groups excluding carboxylic acids is 1. The number of nitrogens with one attached hydrogen (secondary N) is 1. The standard InChI is InChI=1S/C26H29N5O/c1-15-6-18-8-16(2)24(20(7-15)10-18)30-25-22(26(28)32)13-29-31-14-21(11-23(25)31)19-5-3-4-17(9-19)12-27/h3-5,9,11,13-16,18,20,24,30H,6-8,10H2,1-2H3,(H2,28,32). The van der Waals surface area contributed by atoms with Gasteiger partial charge in [-0.2, -0.15) is 10.4 Å². The second-order valence-corrected chi connectivity index (χ2v) is 9.87. The molecule has 2 aliphatic rings. The van der Waals surface area contributed by atoms with Crippen LogP contribution >= 0.6 is 0 Å².